The van der Waals surface area contributed by atoms with Gasteiger partial charge in [0.25, 0.3) is 0 Å². The smallest absolute Gasteiger partial charge is 0.307 e. The van der Waals surface area contributed by atoms with E-state index >= 15 is 0 Å². The van der Waals surface area contributed by atoms with E-state index in [4.69, 9.17) is 4.74 Å². The van der Waals surface area contributed by atoms with Crippen LogP contribution >= 0.6 is 0 Å². The second-order valence-electron chi connectivity index (χ2n) is 6.30. The second-order valence-corrected chi connectivity index (χ2v) is 6.30. The molecule has 0 saturated carbocycles. The van der Waals surface area contributed by atoms with Gasteiger partial charge in [-0.15, -0.1) is 0 Å². The minimum Gasteiger partial charge on any atom is -0.453 e. The molecular weight excluding hydrogens is 262 g/mol. The first-order chi connectivity index (χ1) is 9.96. The largest absolute Gasteiger partial charge is 0.453 e. The zero-order chi connectivity index (χ0) is 15.3. The molecule has 0 spiro atoms. The van der Waals surface area contributed by atoms with Gasteiger partial charge in [-0.25, -0.2) is 0 Å². The van der Waals surface area contributed by atoms with Crippen molar-refractivity contribution in [2.75, 3.05) is 0 Å². The molecule has 0 bridgehead atoms. The standard InChI is InChI=1S/C18H21NO2/c1-18(2,3)13-16(20)21-17(14-7-5-4-6-8-14)15-9-11-19-12-10-15/h4-12,17H,13H2,1-3H3. The lowest BCUT2D eigenvalue weighted by Crippen LogP contribution is -2.18. The Morgan fingerprint density at radius 2 is 1.62 bits per heavy atom. The van der Waals surface area contributed by atoms with Gasteiger partial charge < -0.3 is 4.74 Å². The fourth-order valence-corrected chi connectivity index (χ4v) is 2.10. The summed E-state index contributed by atoms with van der Waals surface area (Å²) in [6.07, 6.45) is 3.43. The molecule has 1 atom stereocenters. The summed E-state index contributed by atoms with van der Waals surface area (Å²) in [5, 5.41) is 0. The summed E-state index contributed by atoms with van der Waals surface area (Å²) in [6.45, 7) is 6.08. The molecule has 2 aromatic rings. The number of carbonyl (C=O) groups is 1. The molecule has 0 aliphatic carbocycles. The molecule has 0 radical (unpaired) electrons. The second kappa shape index (κ2) is 6.53. The van der Waals surface area contributed by atoms with Crippen LogP contribution in [0.25, 0.3) is 0 Å². The Bertz CT molecular complexity index is 534. The Labute approximate surface area is 126 Å². The molecule has 0 aliphatic rings. The number of aromatic nitrogens is 1. The Balaban J connectivity index is 2.24. The number of nitrogens with zero attached hydrogens (tertiary/aromatic N) is 1. The van der Waals surface area contributed by atoms with E-state index < -0.39 is 0 Å². The summed E-state index contributed by atoms with van der Waals surface area (Å²) in [5.41, 5.74) is 1.81. The number of pyridine rings is 1. The molecule has 3 heteroatoms. The summed E-state index contributed by atoms with van der Waals surface area (Å²) < 4.78 is 5.73. The average Bonchev–Trinajstić information content (AvgIpc) is 2.45. The van der Waals surface area contributed by atoms with Crippen LogP contribution in [0.4, 0.5) is 0 Å². The molecule has 3 nitrogen and oxygen atoms in total. The normalized spacial score (nSPS) is 12.7. The lowest BCUT2D eigenvalue weighted by atomic mass is 9.92. The molecule has 1 aromatic carbocycles. The third-order valence-corrected chi connectivity index (χ3v) is 3.04. The van der Waals surface area contributed by atoms with Crippen molar-refractivity contribution in [2.45, 2.75) is 33.3 Å². The zero-order valence-corrected chi connectivity index (χ0v) is 12.7. The van der Waals surface area contributed by atoms with Gasteiger partial charge >= 0.3 is 5.97 Å². The van der Waals surface area contributed by atoms with Crippen LogP contribution < -0.4 is 0 Å². The van der Waals surface area contributed by atoms with Crippen molar-refractivity contribution >= 4 is 5.97 Å². The van der Waals surface area contributed by atoms with E-state index in [1.165, 1.54) is 0 Å². The van der Waals surface area contributed by atoms with Crippen molar-refractivity contribution in [1.29, 1.82) is 0 Å². The van der Waals surface area contributed by atoms with Crippen molar-refractivity contribution in [2.24, 2.45) is 5.41 Å². The molecule has 1 unspecified atom stereocenters. The van der Waals surface area contributed by atoms with Crippen molar-refractivity contribution in [3.05, 3.63) is 66.0 Å². The maximum Gasteiger partial charge on any atom is 0.307 e. The van der Waals surface area contributed by atoms with Crippen LogP contribution in [0.2, 0.25) is 0 Å². The van der Waals surface area contributed by atoms with Gasteiger partial charge in [0, 0.05) is 18.0 Å². The van der Waals surface area contributed by atoms with Crippen LogP contribution in [0.1, 0.15) is 44.4 Å². The van der Waals surface area contributed by atoms with Gasteiger partial charge in [0.15, 0.2) is 6.10 Å². The molecular formula is C18H21NO2. The fourth-order valence-electron chi connectivity index (χ4n) is 2.10. The lowest BCUT2D eigenvalue weighted by molar-refractivity contribution is -0.149. The number of carbonyl (C=O) groups excluding carboxylic acids is 1. The van der Waals surface area contributed by atoms with Crippen LogP contribution in [0.15, 0.2) is 54.9 Å². The first kappa shape index (κ1) is 15.2. The van der Waals surface area contributed by atoms with Gasteiger partial charge in [-0.05, 0) is 23.1 Å². The number of rotatable bonds is 4. The highest BCUT2D eigenvalue weighted by molar-refractivity contribution is 5.70. The summed E-state index contributed by atoms with van der Waals surface area (Å²) in [7, 11) is 0. The number of hydrogen-bond acceptors (Lipinski definition) is 3. The first-order valence-electron chi connectivity index (χ1n) is 7.10. The van der Waals surface area contributed by atoms with Crippen molar-refractivity contribution in [1.82, 2.24) is 4.98 Å². The maximum absolute atomic E-state index is 12.2. The highest BCUT2D eigenvalue weighted by Gasteiger charge is 2.22. The van der Waals surface area contributed by atoms with Crippen LogP contribution in [-0.4, -0.2) is 11.0 Å². The van der Waals surface area contributed by atoms with Crippen molar-refractivity contribution < 1.29 is 9.53 Å². The fraction of sp³-hybridized carbons (Fsp3) is 0.333. The van der Waals surface area contributed by atoms with Crippen molar-refractivity contribution in [3.8, 4) is 0 Å². The quantitative estimate of drug-likeness (QED) is 0.791. The SMILES string of the molecule is CC(C)(C)CC(=O)OC(c1ccccc1)c1ccncc1. The molecule has 0 N–H and O–H groups in total. The molecule has 0 aliphatic heterocycles. The number of hydrogen-bond donors (Lipinski definition) is 0. The molecule has 2 rings (SSSR count). The van der Waals surface area contributed by atoms with E-state index in [0.29, 0.717) is 6.42 Å². The molecule has 21 heavy (non-hydrogen) atoms. The van der Waals surface area contributed by atoms with E-state index in [1.807, 2.05) is 63.2 Å². The number of benzene rings is 1. The predicted molar refractivity (Wildman–Crippen MR) is 82.7 cm³/mol. The van der Waals surface area contributed by atoms with E-state index in [9.17, 15) is 4.79 Å². The predicted octanol–water partition coefficient (Wildman–Crippen LogP) is 4.15. The van der Waals surface area contributed by atoms with Gasteiger partial charge in [0.1, 0.15) is 0 Å². The highest BCUT2D eigenvalue weighted by atomic mass is 16.5. The van der Waals surface area contributed by atoms with Gasteiger partial charge in [-0.2, -0.15) is 0 Å². The van der Waals surface area contributed by atoms with Gasteiger partial charge in [-0.1, -0.05) is 51.1 Å². The third kappa shape index (κ3) is 4.71. The van der Waals surface area contributed by atoms with Crippen LogP contribution in [0.3, 0.4) is 0 Å². The Morgan fingerprint density at radius 1 is 1.05 bits per heavy atom. The minimum absolute atomic E-state index is 0.0867. The van der Waals surface area contributed by atoms with Crippen LogP contribution in [0.5, 0.6) is 0 Å². The van der Waals surface area contributed by atoms with E-state index in [-0.39, 0.29) is 17.5 Å². The zero-order valence-electron chi connectivity index (χ0n) is 12.7. The molecule has 1 heterocycles. The van der Waals surface area contributed by atoms with Gasteiger partial charge in [-0.3, -0.25) is 9.78 Å². The summed E-state index contributed by atoms with van der Waals surface area (Å²) in [4.78, 5) is 16.2. The minimum atomic E-state index is -0.385. The number of esters is 1. The van der Waals surface area contributed by atoms with E-state index in [2.05, 4.69) is 4.98 Å². The highest BCUT2D eigenvalue weighted by Crippen LogP contribution is 2.28. The van der Waals surface area contributed by atoms with Crippen LogP contribution in [0, 0.1) is 5.41 Å². The van der Waals surface area contributed by atoms with Gasteiger partial charge in [0.2, 0.25) is 0 Å². The maximum atomic E-state index is 12.2. The Hall–Kier alpha value is -2.16. The Kier molecular flexibility index (Phi) is 4.73. The van der Waals surface area contributed by atoms with Gasteiger partial charge in [0.05, 0.1) is 6.42 Å². The molecule has 110 valence electrons. The molecule has 0 amide bonds. The average molecular weight is 283 g/mol. The van der Waals surface area contributed by atoms with E-state index in [0.717, 1.165) is 11.1 Å². The topological polar surface area (TPSA) is 39.2 Å². The molecule has 1 aromatic heterocycles. The van der Waals surface area contributed by atoms with Crippen LogP contribution in [-0.2, 0) is 9.53 Å². The Morgan fingerprint density at radius 3 is 2.19 bits per heavy atom. The number of ether oxygens (including phenoxy) is 1. The summed E-state index contributed by atoms with van der Waals surface area (Å²) in [5.74, 6) is -0.187. The first-order valence-corrected chi connectivity index (χ1v) is 7.10. The third-order valence-electron chi connectivity index (χ3n) is 3.04. The lowest BCUT2D eigenvalue weighted by Gasteiger charge is -2.22. The summed E-state index contributed by atoms with van der Waals surface area (Å²) in [6, 6.07) is 13.5. The molecule has 0 saturated heterocycles. The monoisotopic (exact) mass is 283 g/mol. The molecule has 0 fully saturated rings. The van der Waals surface area contributed by atoms with E-state index in [1.54, 1.807) is 12.4 Å². The van der Waals surface area contributed by atoms with Crippen molar-refractivity contribution in [3.63, 3.8) is 0 Å². The summed E-state index contributed by atoms with van der Waals surface area (Å²) >= 11 is 0.